The Morgan fingerprint density at radius 1 is 1.38 bits per heavy atom. The van der Waals surface area contributed by atoms with Gasteiger partial charge in [-0.25, -0.2) is 4.98 Å². The zero-order valence-electron chi connectivity index (χ0n) is 9.03. The average Bonchev–Trinajstić information content (AvgIpc) is 2.67. The first kappa shape index (κ1) is 11.6. The van der Waals surface area contributed by atoms with Gasteiger partial charge < -0.3 is 5.73 Å². The summed E-state index contributed by atoms with van der Waals surface area (Å²) >= 11 is 5.06. The molecule has 84 valence electrons. The molecule has 0 spiro atoms. The van der Waals surface area contributed by atoms with Crippen molar-refractivity contribution in [2.45, 2.75) is 19.8 Å². The predicted molar refractivity (Wildman–Crippen MR) is 72.9 cm³/mol. The minimum atomic E-state index is 0.644. The van der Waals surface area contributed by atoms with E-state index in [1.54, 1.807) is 11.3 Å². The lowest BCUT2D eigenvalue weighted by atomic mass is 10.0. The van der Waals surface area contributed by atoms with Gasteiger partial charge in [0.1, 0.15) is 0 Å². The molecule has 2 nitrogen and oxygen atoms in total. The standard InChI is InChI=1S/C12H13BrN2S/c1-2-8-5-10(13)4-3-9(8)6-11-7-15-12(14)16-11/h3-5,7H,2,6H2,1H3,(H2,14,15). The monoisotopic (exact) mass is 296 g/mol. The number of thiazole rings is 1. The highest BCUT2D eigenvalue weighted by molar-refractivity contribution is 9.10. The van der Waals surface area contributed by atoms with Gasteiger partial charge in [0.2, 0.25) is 0 Å². The van der Waals surface area contributed by atoms with Gasteiger partial charge in [0.25, 0.3) is 0 Å². The molecule has 16 heavy (non-hydrogen) atoms. The number of anilines is 1. The number of benzene rings is 1. The average molecular weight is 297 g/mol. The number of nitrogen functional groups attached to an aromatic ring is 1. The van der Waals surface area contributed by atoms with Crippen molar-refractivity contribution in [3.8, 4) is 0 Å². The van der Waals surface area contributed by atoms with E-state index < -0.39 is 0 Å². The third-order valence-electron chi connectivity index (χ3n) is 2.49. The van der Waals surface area contributed by atoms with Crippen LogP contribution in [0, 0.1) is 0 Å². The Labute approximate surface area is 108 Å². The number of halogens is 1. The van der Waals surface area contributed by atoms with Crippen molar-refractivity contribution in [2.75, 3.05) is 5.73 Å². The van der Waals surface area contributed by atoms with E-state index >= 15 is 0 Å². The minimum Gasteiger partial charge on any atom is -0.375 e. The summed E-state index contributed by atoms with van der Waals surface area (Å²) in [6, 6.07) is 6.43. The van der Waals surface area contributed by atoms with Crippen molar-refractivity contribution in [3.63, 3.8) is 0 Å². The molecule has 0 amide bonds. The van der Waals surface area contributed by atoms with E-state index in [1.807, 2.05) is 6.20 Å². The van der Waals surface area contributed by atoms with Crippen molar-refractivity contribution in [2.24, 2.45) is 0 Å². The molecule has 0 fully saturated rings. The molecule has 0 saturated heterocycles. The number of aromatic nitrogens is 1. The van der Waals surface area contributed by atoms with Gasteiger partial charge in [-0.2, -0.15) is 0 Å². The zero-order chi connectivity index (χ0) is 11.5. The zero-order valence-corrected chi connectivity index (χ0v) is 11.4. The van der Waals surface area contributed by atoms with E-state index in [2.05, 4.69) is 46.0 Å². The van der Waals surface area contributed by atoms with Crippen LogP contribution in [0.1, 0.15) is 22.9 Å². The van der Waals surface area contributed by atoms with Crippen LogP contribution in [0.2, 0.25) is 0 Å². The number of nitrogens with zero attached hydrogens (tertiary/aromatic N) is 1. The third-order valence-corrected chi connectivity index (χ3v) is 3.81. The number of hydrogen-bond donors (Lipinski definition) is 1. The number of rotatable bonds is 3. The van der Waals surface area contributed by atoms with Gasteiger partial charge >= 0.3 is 0 Å². The van der Waals surface area contributed by atoms with Crippen molar-refractivity contribution < 1.29 is 0 Å². The quantitative estimate of drug-likeness (QED) is 0.939. The molecule has 1 aromatic heterocycles. The molecular weight excluding hydrogens is 284 g/mol. The summed E-state index contributed by atoms with van der Waals surface area (Å²) in [6.07, 6.45) is 3.83. The summed E-state index contributed by atoms with van der Waals surface area (Å²) in [4.78, 5) is 5.29. The summed E-state index contributed by atoms with van der Waals surface area (Å²) < 4.78 is 1.14. The van der Waals surface area contributed by atoms with Crippen molar-refractivity contribution in [1.29, 1.82) is 0 Å². The molecule has 0 atom stereocenters. The topological polar surface area (TPSA) is 38.9 Å². The van der Waals surface area contributed by atoms with E-state index in [9.17, 15) is 0 Å². The second kappa shape index (κ2) is 4.97. The summed E-state index contributed by atoms with van der Waals surface area (Å²) in [5.41, 5.74) is 8.36. The fraction of sp³-hybridized carbons (Fsp3) is 0.250. The van der Waals surface area contributed by atoms with Crippen LogP contribution >= 0.6 is 27.3 Å². The fourth-order valence-electron chi connectivity index (χ4n) is 1.69. The Kier molecular flexibility index (Phi) is 3.61. The second-order valence-corrected chi connectivity index (χ2v) is 5.67. The summed E-state index contributed by atoms with van der Waals surface area (Å²) in [5.74, 6) is 0. The Morgan fingerprint density at radius 3 is 2.81 bits per heavy atom. The van der Waals surface area contributed by atoms with E-state index in [1.165, 1.54) is 16.0 Å². The molecule has 1 heterocycles. The van der Waals surface area contributed by atoms with Gasteiger partial charge in [-0.1, -0.05) is 28.9 Å². The predicted octanol–water partition coefficient (Wildman–Crippen LogP) is 3.64. The summed E-state index contributed by atoms with van der Waals surface area (Å²) in [5, 5.41) is 0.644. The largest absolute Gasteiger partial charge is 0.375 e. The number of aryl methyl sites for hydroxylation is 1. The maximum absolute atomic E-state index is 5.63. The Balaban J connectivity index is 2.27. The van der Waals surface area contributed by atoms with Gasteiger partial charge in [0, 0.05) is 22.0 Å². The molecule has 0 aliphatic heterocycles. The molecule has 0 aliphatic rings. The Hall–Kier alpha value is -0.870. The number of nitrogens with two attached hydrogens (primary N) is 1. The van der Waals surface area contributed by atoms with Gasteiger partial charge in [-0.15, -0.1) is 11.3 Å². The van der Waals surface area contributed by atoms with Crippen LogP contribution in [0.15, 0.2) is 28.9 Å². The molecule has 2 N–H and O–H groups in total. The third kappa shape index (κ3) is 2.62. The Bertz CT molecular complexity index is 494. The summed E-state index contributed by atoms with van der Waals surface area (Å²) in [6.45, 7) is 2.17. The highest BCUT2D eigenvalue weighted by atomic mass is 79.9. The van der Waals surface area contributed by atoms with E-state index in [0.29, 0.717) is 5.13 Å². The molecule has 0 bridgehead atoms. The SMILES string of the molecule is CCc1cc(Br)ccc1Cc1cnc(N)s1. The van der Waals surface area contributed by atoms with Gasteiger partial charge in [-0.3, -0.25) is 0 Å². The van der Waals surface area contributed by atoms with Crippen LogP contribution in [0.4, 0.5) is 5.13 Å². The van der Waals surface area contributed by atoms with Crippen molar-refractivity contribution >= 4 is 32.4 Å². The first-order valence-corrected chi connectivity index (χ1v) is 6.77. The molecule has 2 rings (SSSR count). The van der Waals surface area contributed by atoms with E-state index in [-0.39, 0.29) is 0 Å². The molecule has 4 heteroatoms. The smallest absolute Gasteiger partial charge is 0.180 e. The molecule has 1 aromatic carbocycles. The van der Waals surface area contributed by atoms with Crippen LogP contribution in [0.3, 0.4) is 0 Å². The highest BCUT2D eigenvalue weighted by Gasteiger charge is 2.05. The van der Waals surface area contributed by atoms with Crippen LogP contribution < -0.4 is 5.73 Å². The lowest BCUT2D eigenvalue weighted by Gasteiger charge is -2.06. The summed E-state index contributed by atoms with van der Waals surface area (Å²) in [7, 11) is 0. The second-order valence-electron chi connectivity index (χ2n) is 3.61. The molecule has 0 aliphatic carbocycles. The molecule has 0 unspecified atom stereocenters. The first-order chi connectivity index (χ1) is 7.69. The van der Waals surface area contributed by atoms with E-state index in [4.69, 9.17) is 5.73 Å². The van der Waals surface area contributed by atoms with Crippen LogP contribution in [-0.2, 0) is 12.8 Å². The first-order valence-electron chi connectivity index (χ1n) is 5.16. The molecule has 2 aromatic rings. The van der Waals surface area contributed by atoms with Crippen molar-refractivity contribution in [1.82, 2.24) is 4.98 Å². The van der Waals surface area contributed by atoms with E-state index in [0.717, 1.165) is 17.3 Å². The van der Waals surface area contributed by atoms with Gasteiger partial charge in [-0.05, 0) is 29.7 Å². The van der Waals surface area contributed by atoms with Crippen molar-refractivity contribution in [3.05, 3.63) is 44.9 Å². The lowest BCUT2D eigenvalue weighted by Crippen LogP contribution is -1.92. The molecular formula is C12H13BrN2S. The minimum absolute atomic E-state index is 0.644. The normalized spacial score (nSPS) is 10.6. The maximum Gasteiger partial charge on any atom is 0.180 e. The Morgan fingerprint density at radius 2 is 2.19 bits per heavy atom. The number of hydrogen-bond acceptors (Lipinski definition) is 3. The molecule has 0 saturated carbocycles. The highest BCUT2D eigenvalue weighted by Crippen LogP contribution is 2.23. The molecule has 0 radical (unpaired) electrons. The van der Waals surface area contributed by atoms with Crippen LogP contribution in [0.25, 0.3) is 0 Å². The van der Waals surface area contributed by atoms with Crippen LogP contribution in [0.5, 0.6) is 0 Å². The lowest BCUT2D eigenvalue weighted by molar-refractivity contribution is 1.07. The fourth-order valence-corrected chi connectivity index (χ4v) is 2.80. The van der Waals surface area contributed by atoms with Gasteiger partial charge in [0.05, 0.1) is 0 Å². The maximum atomic E-state index is 5.63. The van der Waals surface area contributed by atoms with Gasteiger partial charge in [0.15, 0.2) is 5.13 Å². The van der Waals surface area contributed by atoms with Crippen LogP contribution in [-0.4, -0.2) is 4.98 Å².